The summed E-state index contributed by atoms with van der Waals surface area (Å²) in [7, 11) is 0. The first-order valence-electron chi connectivity index (χ1n) is 6.25. The summed E-state index contributed by atoms with van der Waals surface area (Å²) >= 11 is 0. The van der Waals surface area contributed by atoms with E-state index in [1.165, 1.54) is 45.3 Å². The fourth-order valence-corrected chi connectivity index (χ4v) is 2.35. The molecule has 1 aliphatic heterocycles. The van der Waals surface area contributed by atoms with Crippen molar-refractivity contribution >= 4 is 0 Å². The summed E-state index contributed by atoms with van der Waals surface area (Å²) in [5, 5.41) is 3.59. The molecule has 0 aromatic heterocycles. The van der Waals surface area contributed by atoms with Crippen molar-refractivity contribution in [2.24, 2.45) is 0 Å². The van der Waals surface area contributed by atoms with E-state index in [-0.39, 0.29) is 0 Å². The molecule has 2 nitrogen and oxygen atoms in total. The smallest absolute Gasteiger partial charge is 0.0221 e. The highest BCUT2D eigenvalue weighted by Gasteiger charge is 2.22. The second-order valence-electron chi connectivity index (χ2n) is 4.58. The molecule has 0 amide bonds. The lowest BCUT2D eigenvalue weighted by molar-refractivity contribution is 0.154. The molecule has 1 saturated heterocycles. The molecule has 2 unspecified atom stereocenters. The zero-order chi connectivity index (χ0) is 10.4. The summed E-state index contributed by atoms with van der Waals surface area (Å²) in [6.45, 7) is 10.6. The summed E-state index contributed by atoms with van der Waals surface area (Å²) < 4.78 is 0. The van der Waals surface area contributed by atoms with Crippen molar-refractivity contribution < 1.29 is 0 Å². The van der Waals surface area contributed by atoms with E-state index in [9.17, 15) is 0 Å². The highest BCUT2D eigenvalue weighted by atomic mass is 15.2. The van der Waals surface area contributed by atoms with Crippen LogP contribution in [0.4, 0.5) is 0 Å². The lowest BCUT2D eigenvalue weighted by Crippen LogP contribution is -2.49. The molecule has 2 heteroatoms. The van der Waals surface area contributed by atoms with Crippen LogP contribution in [-0.2, 0) is 0 Å². The first-order valence-corrected chi connectivity index (χ1v) is 6.25. The molecule has 0 radical (unpaired) electrons. The van der Waals surface area contributed by atoms with Crippen LogP contribution in [0.15, 0.2) is 0 Å². The number of nitrogens with zero attached hydrogens (tertiary/aromatic N) is 1. The molecule has 1 fully saturated rings. The van der Waals surface area contributed by atoms with Gasteiger partial charge in [-0.05, 0) is 45.7 Å². The maximum Gasteiger partial charge on any atom is 0.0221 e. The number of rotatable bonds is 5. The molecule has 0 aliphatic carbocycles. The third-order valence-corrected chi connectivity index (χ3v) is 3.17. The van der Waals surface area contributed by atoms with Crippen LogP contribution in [0.25, 0.3) is 0 Å². The highest BCUT2D eigenvalue weighted by molar-refractivity contribution is 4.81. The van der Waals surface area contributed by atoms with Gasteiger partial charge in [0, 0.05) is 18.6 Å². The van der Waals surface area contributed by atoms with Crippen LogP contribution >= 0.6 is 0 Å². The van der Waals surface area contributed by atoms with E-state index >= 15 is 0 Å². The SMILES string of the molecule is CCCN(CCC)C1CCC(C)NC1. The van der Waals surface area contributed by atoms with Gasteiger partial charge in [0.05, 0.1) is 0 Å². The maximum absolute atomic E-state index is 3.59. The Morgan fingerprint density at radius 2 is 1.79 bits per heavy atom. The van der Waals surface area contributed by atoms with Gasteiger partial charge in [-0.3, -0.25) is 4.90 Å². The lowest BCUT2D eigenvalue weighted by atomic mass is 10.0. The van der Waals surface area contributed by atoms with Gasteiger partial charge in [-0.25, -0.2) is 0 Å². The molecular formula is C12H26N2. The molecule has 1 heterocycles. The average Bonchev–Trinajstić information content (AvgIpc) is 2.19. The standard InChI is InChI=1S/C12H26N2/c1-4-8-14(9-5-2)12-7-6-11(3)13-10-12/h11-13H,4-10H2,1-3H3. The van der Waals surface area contributed by atoms with E-state index in [2.05, 4.69) is 31.0 Å². The van der Waals surface area contributed by atoms with E-state index in [1.54, 1.807) is 0 Å². The molecule has 0 bridgehead atoms. The largest absolute Gasteiger partial charge is 0.313 e. The Balaban J connectivity index is 2.34. The summed E-state index contributed by atoms with van der Waals surface area (Å²) in [6, 6.07) is 1.53. The average molecular weight is 198 g/mol. The van der Waals surface area contributed by atoms with E-state index in [0.29, 0.717) is 0 Å². The van der Waals surface area contributed by atoms with E-state index in [1.807, 2.05) is 0 Å². The molecule has 14 heavy (non-hydrogen) atoms. The predicted molar refractivity (Wildman–Crippen MR) is 62.6 cm³/mol. The second-order valence-corrected chi connectivity index (χ2v) is 4.58. The van der Waals surface area contributed by atoms with Gasteiger partial charge in [-0.2, -0.15) is 0 Å². The lowest BCUT2D eigenvalue weighted by Gasteiger charge is -2.36. The topological polar surface area (TPSA) is 15.3 Å². The van der Waals surface area contributed by atoms with Crippen LogP contribution < -0.4 is 5.32 Å². The Bertz CT molecular complexity index is 133. The molecule has 0 aromatic rings. The number of hydrogen-bond acceptors (Lipinski definition) is 2. The molecule has 0 aromatic carbocycles. The predicted octanol–water partition coefficient (Wildman–Crippen LogP) is 2.25. The van der Waals surface area contributed by atoms with Gasteiger partial charge < -0.3 is 5.32 Å². The normalized spacial score (nSPS) is 28.3. The van der Waals surface area contributed by atoms with Crippen LogP contribution in [0.5, 0.6) is 0 Å². The first-order chi connectivity index (χ1) is 6.77. The summed E-state index contributed by atoms with van der Waals surface area (Å²) in [4.78, 5) is 2.67. The molecule has 1 rings (SSSR count). The van der Waals surface area contributed by atoms with Gasteiger partial charge in [-0.15, -0.1) is 0 Å². The van der Waals surface area contributed by atoms with Crippen molar-refractivity contribution in [3.05, 3.63) is 0 Å². The summed E-state index contributed by atoms with van der Waals surface area (Å²) in [5.41, 5.74) is 0. The Morgan fingerprint density at radius 1 is 1.14 bits per heavy atom. The van der Waals surface area contributed by atoms with Crippen LogP contribution in [0.1, 0.15) is 46.5 Å². The minimum absolute atomic E-state index is 0.733. The zero-order valence-electron chi connectivity index (χ0n) is 10.1. The monoisotopic (exact) mass is 198 g/mol. The minimum Gasteiger partial charge on any atom is -0.313 e. The Hall–Kier alpha value is -0.0800. The van der Waals surface area contributed by atoms with Gasteiger partial charge >= 0.3 is 0 Å². The quantitative estimate of drug-likeness (QED) is 0.729. The van der Waals surface area contributed by atoms with Crippen molar-refractivity contribution in [3.63, 3.8) is 0 Å². The third-order valence-electron chi connectivity index (χ3n) is 3.17. The fourth-order valence-electron chi connectivity index (χ4n) is 2.35. The Labute approximate surface area is 89.1 Å². The Kier molecular flexibility index (Phi) is 5.49. The fraction of sp³-hybridized carbons (Fsp3) is 1.00. The van der Waals surface area contributed by atoms with Gasteiger partial charge in [0.1, 0.15) is 0 Å². The summed E-state index contributed by atoms with van der Waals surface area (Å²) in [6.07, 6.45) is 5.29. The zero-order valence-corrected chi connectivity index (χ0v) is 10.1. The first kappa shape index (κ1) is 12.0. The van der Waals surface area contributed by atoms with Crippen molar-refractivity contribution in [1.82, 2.24) is 10.2 Å². The second kappa shape index (κ2) is 6.41. The van der Waals surface area contributed by atoms with Crippen LogP contribution in [0.3, 0.4) is 0 Å². The number of nitrogens with one attached hydrogen (secondary N) is 1. The van der Waals surface area contributed by atoms with Crippen molar-refractivity contribution in [3.8, 4) is 0 Å². The van der Waals surface area contributed by atoms with Crippen LogP contribution in [-0.4, -0.2) is 36.6 Å². The van der Waals surface area contributed by atoms with Crippen LogP contribution in [0, 0.1) is 0 Å². The van der Waals surface area contributed by atoms with Crippen molar-refractivity contribution in [2.75, 3.05) is 19.6 Å². The van der Waals surface area contributed by atoms with E-state index < -0.39 is 0 Å². The third kappa shape index (κ3) is 3.58. The van der Waals surface area contributed by atoms with Gasteiger partial charge in [0.25, 0.3) is 0 Å². The van der Waals surface area contributed by atoms with Crippen molar-refractivity contribution in [1.29, 1.82) is 0 Å². The van der Waals surface area contributed by atoms with Gasteiger partial charge in [0.2, 0.25) is 0 Å². The van der Waals surface area contributed by atoms with Crippen LogP contribution in [0.2, 0.25) is 0 Å². The number of hydrogen-bond donors (Lipinski definition) is 1. The molecule has 0 spiro atoms. The maximum atomic E-state index is 3.59. The van der Waals surface area contributed by atoms with Gasteiger partial charge in [-0.1, -0.05) is 13.8 Å². The number of piperidine rings is 1. The molecular weight excluding hydrogens is 172 g/mol. The molecule has 1 N–H and O–H groups in total. The molecule has 84 valence electrons. The Morgan fingerprint density at radius 3 is 2.21 bits per heavy atom. The molecule has 1 aliphatic rings. The van der Waals surface area contributed by atoms with Gasteiger partial charge in [0.15, 0.2) is 0 Å². The molecule has 2 atom stereocenters. The minimum atomic E-state index is 0.733. The highest BCUT2D eigenvalue weighted by Crippen LogP contribution is 2.14. The molecule has 0 saturated carbocycles. The van der Waals surface area contributed by atoms with Crippen molar-refractivity contribution in [2.45, 2.75) is 58.5 Å². The summed E-state index contributed by atoms with van der Waals surface area (Å²) in [5.74, 6) is 0. The van der Waals surface area contributed by atoms with E-state index in [0.717, 1.165) is 12.1 Å². The van der Waals surface area contributed by atoms with E-state index in [4.69, 9.17) is 0 Å².